The summed E-state index contributed by atoms with van der Waals surface area (Å²) in [5.74, 6) is 0. The van der Waals surface area contributed by atoms with Gasteiger partial charge in [0.1, 0.15) is 0 Å². The van der Waals surface area contributed by atoms with Crippen LogP contribution in [-0.2, 0) is 15.1 Å². The fourth-order valence-electron chi connectivity index (χ4n) is 0. The van der Waals surface area contributed by atoms with E-state index in [4.69, 9.17) is 9.59 Å². The molecule has 0 aromatic heterocycles. The third-order valence-corrected chi connectivity index (χ3v) is 0. The third kappa shape index (κ3) is 86.4. The molecule has 0 N–H and O–H groups in total. The average molecular weight is 100 g/mol. The van der Waals surface area contributed by atoms with E-state index in [1.165, 1.54) is 0 Å². The molecule has 4 heteroatoms. The Hall–Kier alpha value is 0.600. The SMILES string of the molecule is O=C=O.[Ca+2].[O-2]. The smallest absolute Gasteiger partial charge is 2.00 e. The predicted octanol–water partition coefficient (Wildman–Crippen LogP) is -1.08. The van der Waals surface area contributed by atoms with Gasteiger partial charge in [-0.05, 0) is 0 Å². The molecule has 0 saturated heterocycles. The molecule has 0 amide bonds. The van der Waals surface area contributed by atoms with E-state index < -0.39 is 0 Å². The molecule has 0 rings (SSSR count). The Kier molecular flexibility index (Phi) is 81.7. The molecule has 0 saturated carbocycles. The Morgan fingerprint density at radius 1 is 1.20 bits per heavy atom. The van der Waals surface area contributed by atoms with Crippen LogP contribution in [0.5, 0.6) is 0 Å². The standard InChI is InChI=1S/CO2.Ca.O/c2-1-3;;/q;+2;-2. The fraction of sp³-hybridized carbons (Fsp3) is 0. The monoisotopic (exact) mass is 99.9 g/mol. The van der Waals surface area contributed by atoms with Gasteiger partial charge in [0.25, 0.3) is 0 Å². The zero-order chi connectivity index (χ0) is 2.71. The summed E-state index contributed by atoms with van der Waals surface area (Å²) in [5.41, 5.74) is 0. The van der Waals surface area contributed by atoms with Gasteiger partial charge in [0.15, 0.2) is 0 Å². The number of carbonyl (C=O) groups excluding carboxylic acids is 2. The Labute approximate surface area is 58.7 Å². The quantitative estimate of drug-likeness (QED) is 0.363. The minimum atomic E-state index is 0. The van der Waals surface area contributed by atoms with Crippen LogP contribution in [0.4, 0.5) is 0 Å². The van der Waals surface area contributed by atoms with Crippen LogP contribution in [0, 0.1) is 0 Å². The van der Waals surface area contributed by atoms with Crippen molar-refractivity contribution in [3.8, 4) is 0 Å². The van der Waals surface area contributed by atoms with Crippen LogP contribution in [-0.4, -0.2) is 43.9 Å². The molecule has 24 valence electrons. The summed E-state index contributed by atoms with van der Waals surface area (Å²) in [6.45, 7) is 0. The van der Waals surface area contributed by atoms with Gasteiger partial charge in [-0.25, -0.2) is 0 Å². The molecular weight excluding hydrogens is 100 g/mol. The topological polar surface area (TPSA) is 62.6 Å². The molecule has 0 aliphatic rings. The summed E-state index contributed by atoms with van der Waals surface area (Å²) >= 11 is 0. The van der Waals surface area contributed by atoms with Crippen molar-refractivity contribution < 1.29 is 15.1 Å². The average Bonchev–Trinajstić information content (AvgIpc) is 0.918. The maximum atomic E-state index is 8.12. The van der Waals surface area contributed by atoms with E-state index >= 15 is 0 Å². The number of hydrogen-bond donors (Lipinski definition) is 0. The van der Waals surface area contributed by atoms with E-state index in [0.29, 0.717) is 0 Å². The van der Waals surface area contributed by atoms with Gasteiger partial charge in [-0.15, -0.1) is 0 Å². The van der Waals surface area contributed by atoms with Crippen LogP contribution in [0.15, 0.2) is 0 Å². The maximum absolute atomic E-state index is 8.12. The van der Waals surface area contributed by atoms with Crippen molar-refractivity contribution in [1.82, 2.24) is 0 Å². The molecule has 0 aliphatic heterocycles. The summed E-state index contributed by atoms with van der Waals surface area (Å²) in [5, 5.41) is 0. The van der Waals surface area contributed by atoms with Crippen molar-refractivity contribution in [2.45, 2.75) is 0 Å². The molecule has 3 nitrogen and oxygen atoms in total. The zero-order valence-corrected chi connectivity index (χ0v) is 4.64. The van der Waals surface area contributed by atoms with Crippen molar-refractivity contribution in [2.24, 2.45) is 0 Å². The first-order valence-corrected chi connectivity index (χ1v) is 0.408. The van der Waals surface area contributed by atoms with Crippen LogP contribution in [0.1, 0.15) is 0 Å². The molecule has 0 spiro atoms. The Balaban J connectivity index is -0.0000000200. The summed E-state index contributed by atoms with van der Waals surface area (Å²) in [4.78, 5) is 16.2. The Morgan fingerprint density at radius 2 is 1.20 bits per heavy atom. The number of hydrogen-bond acceptors (Lipinski definition) is 2. The molecule has 0 radical (unpaired) electrons. The van der Waals surface area contributed by atoms with Crippen LogP contribution < -0.4 is 0 Å². The molecule has 0 bridgehead atoms. The normalized spacial score (nSPS) is 1.60. The predicted molar refractivity (Wildman–Crippen MR) is 11.4 cm³/mol. The van der Waals surface area contributed by atoms with Gasteiger partial charge >= 0.3 is 43.9 Å². The van der Waals surface area contributed by atoms with E-state index in [-0.39, 0.29) is 49.4 Å². The molecule has 0 aromatic rings. The van der Waals surface area contributed by atoms with Crippen LogP contribution in [0.3, 0.4) is 0 Å². The van der Waals surface area contributed by atoms with Crippen LogP contribution >= 0.6 is 0 Å². The summed E-state index contributed by atoms with van der Waals surface area (Å²) in [6, 6.07) is 0. The molecule has 0 aromatic carbocycles. The Morgan fingerprint density at radius 3 is 1.20 bits per heavy atom. The third-order valence-electron chi connectivity index (χ3n) is 0. The summed E-state index contributed by atoms with van der Waals surface area (Å²) in [7, 11) is 0. The van der Waals surface area contributed by atoms with Gasteiger partial charge < -0.3 is 5.48 Å². The summed E-state index contributed by atoms with van der Waals surface area (Å²) < 4.78 is 0. The number of rotatable bonds is 0. The van der Waals surface area contributed by atoms with Gasteiger partial charge in [-0.1, -0.05) is 0 Å². The van der Waals surface area contributed by atoms with Gasteiger partial charge in [-0.2, -0.15) is 9.59 Å². The fourth-order valence-corrected chi connectivity index (χ4v) is 0. The van der Waals surface area contributed by atoms with Crippen molar-refractivity contribution >= 4 is 43.9 Å². The molecule has 0 atom stereocenters. The van der Waals surface area contributed by atoms with E-state index in [1.54, 1.807) is 0 Å². The molecule has 0 aliphatic carbocycles. The van der Waals surface area contributed by atoms with E-state index in [0.717, 1.165) is 0 Å². The van der Waals surface area contributed by atoms with E-state index in [2.05, 4.69) is 0 Å². The molecule has 0 fully saturated rings. The molecular formula is CCaO3. The zero-order valence-electron chi connectivity index (χ0n) is 2.43. The van der Waals surface area contributed by atoms with Crippen LogP contribution in [0.25, 0.3) is 0 Å². The summed E-state index contributed by atoms with van der Waals surface area (Å²) in [6.07, 6.45) is 0.250. The van der Waals surface area contributed by atoms with Crippen LogP contribution in [0.2, 0.25) is 0 Å². The second-order valence-corrected chi connectivity index (χ2v) is 0.0833. The van der Waals surface area contributed by atoms with E-state index in [9.17, 15) is 0 Å². The molecule has 5 heavy (non-hydrogen) atoms. The van der Waals surface area contributed by atoms with Crippen molar-refractivity contribution in [3.05, 3.63) is 0 Å². The Bertz CT molecular complexity index is 27.9. The van der Waals surface area contributed by atoms with Gasteiger partial charge in [0.05, 0.1) is 0 Å². The first-order valence-electron chi connectivity index (χ1n) is 0.408. The van der Waals surface area contributed by atoms with Gasteiger partial charge in [0.2, 0.25) is 0 Å². The van der Waals surface area contributed by atoms with Gasteiger partial charge in [-0.3, -0.25) is 0 Å². The van der Waals surface area contributed by atoms with E-state index in [1.807, 2.05) is 0 Å². The van der Waals surface area contributed by atoms with Gasteiger partial charge in [0, 0.05) is 0 Å². The van der Waals surface area contributed by atoms with Crippen molar-refractivity contribution in [3.63, 3.8) is 0 Å². The largest absolute Gasteiger partial charge is 2.00 e. The molecule has 0 unspecified atom stereocenters. The molecule has 0 heterocycles. The first-order chi connectivity index (χ1) is 1.41. The first kappa shape index (κ1) is 17.5. The van der Waals surface area contributed by atoms with Crippen molar-refractivity contribution in [1.29, 1.82) is 0 Å². The second-order valence-electron chi connectivity index (χ2n) is 0.0833. The minimum Gasteiger partial charge on any atom is -2.00 e. The maximum Gasteiger partial charge on any atom is 2.00 e. The van der Waals surface area contributed by atoms with Crippen molar-refractivity contribution in [2.75, 3.05) is 0 Å². The second kappa shape index (κ2) is 23.3. The minimum absolute atomic E-state index is 0.